The quantitative estimate of drug-likeness (QED) is 0.671. The molecule has 0 unspecified atom stereocenters. The topological polar surface area (TPSA) is 121 Å². The van der Waals surface area contributed by atoms with Gasteiger partial charge >= 0.3 is 0 Å². The third-order valence-corrected chi connectivity index (χ3v) is 4.44. The average molecular weight is 336 g/mol. The summed E-state index contributed by atoms with van der Waals surface area (Å²) in [5.41, 5.74) is 0.953. The lowest BCUT2D eigenvalue weighted by atomic mass is 10.1. The largest absolute Gasteiger partial charge is 0.347 e. The molecule has 2 aromatic rings. The summed E-state index contributed by atoms with van der Waals surface area (Å²) in [7, 11) is -2.06. The van der Waals surface area contributed by atoms with Gasteiger partial charge in [-0.1, -0.05) is 24.3 Å². The van der Waals surface area contributed by atoms with Crippen LogP contribution in [0.15, 0.2) is 41.2 Å². The third kappa shape index (κ3) is 4.73. The fourth-order valence-corrected chi connectivity index (χ4v) is 2.72. The lowest BCUT2D eigenvalue weighted by Crippen LogP contribution is -2.26. The standard InChI is InChI=1S/C14H16N4O4S/c1-15-23(21,22)9-11-5-3-2-4-10(11)8-16-14(20)12-6-7-13(19)18-17-12/h2-7,15H,8-9H2,1H3,(H,16,20)(H,18,19). The van der Waals surface area contributed by atoms with Crippen LogP contribution < -0.4 is 15.6 Å². The van der Waals surface area contributed by atoms with Gasteiger partial charge in [-0.05, 0) is 24.2 Å². The van der Waals surface area contributed by atoms with Crippen LogP contribution in [-0.2, 0) is 22.3 Å². The number of rotatable bonds is 6. The highest BCUT2D eigenvalue weighted by Crippen LogP contribution is 2.12. The molecule has 0 spiro atoms. The zero-order valence-electron chi connectivity index (χ0n) is 12.4. The van der Waals surface area contributed by atoms with Crippen LogP contribution in [0.3, 0.4) is 0 Å². The number of hydrogen-bond acceptors (Lipinski definition) is 5. The maximum atomic E-state index is 12.0. The summed E-state index contributed by atoms with van der Waals surface area (Å²) in [4.78, 5) is 22.9. The molecule has 0 saturated carbocycles. The van der Waals surface area contributed by atoms with Crippen LogP contribution in [0.2, 0.25) is 0 Å². The minimum absolute atomic E-state index is 0.0740. The predicted octanol–water partition coefficient (Wildman–Crippen LogP) is -0.251. The number of aromatic amines is 1. The molecule has 0 saturated heterocycles. The van der Waals surface area contributed by atoms with E-state index in [4.69, 9.17) is 0 Å². The van der Waals surface area contributed by atoms with Crippen LogP contribution in [0.1, 0.15) is 21.6 Å². The van der Waals surface area contributed by atoms with E-state index in [0.29, 0.717) is 11.1 Å². The molecule has 0 fully saturated rings. The fourth-order valence-electron chi connectivity index (χ4n) is 1.88. The molecule has 0 atom stereocenters. The Balaban J connectivity index is 2.10. The molecule has 0 aliphatic rings. The van der Waals surface area contributed by atoms with Gasteiger partial charge in [0.05, 0.1) is 5.75 Å². The van der Waals surface area contributed by atoms with Crippen molar-refractivity contribution in [1.82, 2.24) is 20.2 Å². The second kappa shape index (κ2) is 7.16. The number of H-pyrrole nitrogens is 1. The van der Waals surface area contributed by atoms with Gasteiger partial charge in [0.15, 0.2) is 0 Å². The van der Waals surface area contributed by atoms with E-state index in [1.807, 2.05) is 0 Å². The Morgan fingerprint density at radius 3 is 2.48 bits per heavy atom. The Morgan fingerprint density at radius 2 is 1.87 bits per heavy atom. The van der Waals surface area contributed by atoms with E-state index in [0.717, 1.165) is 0 Å². The second-order valence-electron chi connectivity index (χ2n) is 4.72. The fraction of sp³-hybridized carbons (Fsp3) is 0.214. The van der Waals surface area contributed by atoms with Crippen molar-refractivity contribution in [2.45, 2.75) is 12.3 Å². The second-order valence-corrected chi connectivity index (χ2v) is 6.65. The summed E-state index contributed by atoms with van der Waals surface area (Å²) in [5, 5.41) is 8.45. The summed E-state index contributed by atoms with van der Waals surface area (Å²) in [6.07, 6.45) is 0. The normalized spacial score (nSPS) is 11.2. The Kier molecular flexibility index (Phi) is 5.24. The van der Waals surface area contributed by atoms with E-state index in [-0.39, 0.29) is 18.0 Å². The maximum Gasteiger partial charge on any atom is 0.271 e. The van der Waals surface area contributed by atoms with E-state index >= 15 is 0 Å². The molecule has 0 bridgehead atoms. The van der Waals surface area contributed by atoms with Crippen LogP contribution in [0.5, 0.6) is 0 Å². The number of carbonyl (C=O) groups is 1. The minimum Gasteiger partial charge on any atom is -0.347 e. The van der Waals surface area contributed by atoms with Gasteiger partial charge in [-0.15, -0.1) is 0 Å². The van der Waals surface area contributed by atoms with Crippen molar-refractivity contribution in [3.05, 3.63) is 63.6 Å². The number of sulfonamides is 1. The molecule has 0 radical (unpaired) electrons. The molecule has 9 heteroatoms. The molecule has 2 rings (SSSR count). The Labute approximate surface area is 133 Å². The molecule has 1 aromatic carbocycles. The van der Waals surface area contributed by atoms with Gasteiger partial charge in [0, 0.05) is 12.6 Å². The number of nitrogens with zero attached hydrogens (tertiary/aromatic N) is 1. The molecule has 0 aliphatic heterocycles. The SMILES string of the molecule is CNS(=O)(=O)Cc1ccccc1CNC(=O)c1ccc(=O)[nH]n1. The Morgan fingerprint density at radius 1 is 1.17 bits per heavy atom. The maximum absolute atomic E-state index is 12.0. The number of benzene rings is 1. The van der Waals surface area contributed by atoms with Gasteiger partial charge in [-0.25, -0.2) is 18.2 Å². The first-order valence-corrected chi connectivity index (χ1v) is 8.38. The van der Waals surface area contributed by atoms with Gasteiger partial charge in [-0.3, -0.25) is 9.59 Å². The zero-order valence-corrected chi connectivity index (χ0v) is 13.2. The van der Waals surface area contributed by atoms with E-state index in [1.54, 1.807) is 24.3 Å². The highest BCUT2D eigenvalue weighted by molar-refractivity contribution is 7.88. The number of nitrogens with one attached hydrogen (secondary N) is 3. The molecule has 122 valence electrons. The van der Waals surface area contributed by atoms with Gasteiger partial charge in [-0.2, -0.15) is 5.10 Å². The number of hydrogen-bond donors (Lipinski definition) is 3. The summed E-state index contributed by atoms with van der Waals surface area (Å²) >= 11 is 0. The van der Waals surface area contributed by atoms with Crippen molar-refractivity contribution in [2.75, 3.05) is 7.05 Å². The van der Waals surface area contributed by atoms with E-state index < -0.39 is 21.5 Å². The third-order valence-electron chi connectivity index (χ3n) is 3.13. The van der Waals surface area contributed by atoms with E-state index in [2.05, 4.69) is 20.2 Å². The lowest BCUT2D eigenvalue weighted by molar-refractivity contribution is 0.0944. The zero-order chi connectivity index (χ0) is 16.9. The molecule has 23 heavy (non-hydrogen) atoms. The van der Waals surface area contributed by atoms with Crippen LogP contribution in [-0.4, -0.2) is 31.6 Å². The van der Waals surface area contributed by atoms with Crippen LogP contribution in [0, 0.1) is 0 Å². The smallest absolute Gasteiger partial charge is 0.271 e. The van der Waals surface area contributed by atoms with E-state index in [1.165, 1.54) is 19.2 Å². The van der Waals surface area contributed by atoms with Crippen molar-refractivity contribution in [3.8, 4) is 0 Å². The monoisotopic (exact) mass is 336 g/mol. The molecule has 8 nitrogen and oxygen atoms in total. The molecule has 0 aliphatic carbocycles. The summed E-state index contributed by atoms with van der Waals surface area (Å²) in [5.74, 6) is -0.639. The Bertz CT molecular complexity index is 841. The lowest BCUT2D eigenvalue weighted by Gasteiger charge is -2.10. The highest BCUT2D eigenvalue weighted by atomic mass is 32.2. The van der Waals surface area contributed by atoms with Gasteiger partial charge in [0.2, 0.25) is 10.0 Å². The number of aromatic nitrogens is 2. The van der Waals surface area contributed by atoms with Crippen LogP contribution >= 0.6 is 0 Å². The van der Waals surface area contributed by atoms with Crippen LogP contribution in [0.4, 0.5) is 0 Å². The highest BCUT2D eigenvalue weighted by Gasteiger charge is 2.13. The summed E-state index contributed by atoms with van der Waals surface area (Å²) in [6.45, 7) is 0.148. The molecular weight excluding hydrogens is 320 g/mol. The summed E-state index contributed by atoms with van der Waals surface area (Å²) in [6, 6.07) is 9.43. The van der Waals surface area contributed by atoms with Gasteiger partial charge in [0.25, 0.3) is 11.5 Å². The van der Waals surface area contributed by atoms with Crippen LogP contribution in [0.25, 0.3) is 0 Å². The van der Waals surface area contributed by atoms with Crippen molar-refractivity contribution in [1.29, 1.82) is 0 Å². The number of carbonyl (C=O) groups excluding carboxylic acids is 1. The molecule has 1 aromatic heterocycles. The van der Waals surface area contributed by atoms with Crippen molar-refractivity contribution in [3.63, 3.8) is 0 Å². The average Bonchev–Trinajstić information content (AvgIpc) is 2.54. The Hall–Kier alpha value is -2.52. The van der Waals surface area contributed by atoms with Crippen molar-refractivity contribution in [2.24, 2.45) is 0 Å². The molecule has 3 N–H and O–H groups in total. The predicted molar refractivity (Wildman–Crippen MR) is 84.2 cm³/mol. The first-order valence-electron chi connectivity index (χ1n) is 6.73. The number of amides is 1. The molecular formula is C14H16N4O4S. The first-order chi connectivity index (χ1) is 10.9. The molecule has 1 amide bonds. The van der Waals surface area contributed by atoms with Gasteiger partial charge < -0.3 is 5.32 Å². The van der Waals surface area contributed by atoms with Gasteiger partial charge in [0.1, 0.15) is 5.69 Å². The van der Waals surface area contributed by atoms with Crippen molar-refractivity contribution >= 4 is 15.9 Å². The van der Waals surface area contributed by atoms with Crippen molar-refractivity contribution < 1.29 is 13.2 Å². The first kappa shape index (κ1) is 16.8. The van der Waals surface area contributed by atoms with E-state index in [9.17, 15) is 18.0 Å². The summed E-state index contributed by atoms with van der Waals surface area (Å²) < 4.78 is 25.6. The minimum atomic E-state index is -3.41. The molecule has 1 heterocycles.